The molecule has 3 aromatic rings. The maximum Gasteiger partial charge on any atom is 0.261 e. The lowest BCUT2D eigenvalue weighted by Crippen LogP contribution is -2.43. The van der Waals surface area contributed by atoms with E-state index in [4.69, 9.17) is 32.4 Å². The number of likely N-dealkylation sites (N-methyl/N-ethyl adjacent to an activating group) is 1. The largest absolute Gasteiger partial charge is 0.456 e. The molecule has 1 N–H and O–H groups in total. The van der Waals surface area contributed by atoms with Crippen molar-refractivity contribution < 1.29 is 22.4 Å². The van der Waals surface area contributed by atoms with Crippen molar-refractivity contribution in [2.24, 2.45) is 0 Å². The minimum atomic E-state index is -4.02. The maximum atomic E-state index is 13.3. The molecule has 0 heterocycles. The molecular formula is C28H34Cl2N2O5SSi. The third-order valence-electron chi connectivity index (χ3n) is 6.70. The Morgan fingerprint density at radius 3 is 2.26 bits per heavy atom. The first-order valence-electron chi connectivity index (χ1n) is 12.3. The number of hydrogen-bond donors (Lipinski definition) is 1. The van der Waals surface area contributed by atoms with E-state index in [-0.39, 0.29) is 27.1 Å². The number of nitrogens with one attached hydrogen (secondary N) is 1. The van der Waals surface area contributed by atoms with Gasteiger partial charge < -0.3 is 14.1 Å². The molecule has 0 unspecified atom stereocenters. The fraction of sp³-hybridized carbons (Fsp3) is 0.321. The van der Waals surface area contributed by atoms with Gasteiger partial charge in [-0.3, -0.25) is 9.52 Å². The molecular weight excluding hydrogens is 575 g/mol. The van der Waals surface area contributed by atoms with Crippen molar-refractivity contribution in [3.05, 3.63) is 82.3 Å². The van der Waals surface area contributed by atoms with Crippen molar-refractivity contribution in [3.63, 3.8) is 0 Å². The Balaban J connectivity index is 1.74. The van der Waals surface area contributed by atoms with Gasteiger partial charge in [-0.05, 0) is 72.7 Å². The van der Waals surface area contributed by atoms with E-state index in [0.29, 0.717) is 34.7 Å². The van der Waals surface area contributed by atoms with Gasteiger partial charge in [0.25, 0.3) is 15.9 Å². The summed E-state index contributed by atoms with van der Waals surface area (Å²) in [6, 6.07) is 17.3. The second-order valence-corrected chi connectivity index (χ2v) is 18.0. The summed E-state index contributed by atoms with van der Waals surface area (Å²) >= 11 is 12.3. The number of carbonyl (C=O) groups is 1. The zero-order valence-corrected chi connectivity index (χ0v) is 26.2. The van der Waals surface area contributed by atoms with Crippen LogP contribution in [0.1, 0.15) is 31.1 Å². The van der Waals surface area contributed by atoms with E-state index in [1.54, 1.807) is 31.3 Å². The maximum absolute atomic E-state index is 13.3. The van der Waals surface area contributed by atoms with Gasteiger partial charge in [0.2, 0.25) is 0 Å². The summed E-state index contributed by atoms with van der Waals surface area (Å²) in [6.45, 7) is 11.5. The number of nitrogens with zero attached hydrogens (tertiary/aromatic N) is 1. The Labute approximate surface area is 242 Å². The minimum absolute atomic E-state index is 0.00141. The Bertz CT molecular complexity index is 1420. The molecule has 0 bridgehead atoms. The van der Waals surface area contributed by atoms with Gasteiger partial charge in [-0.25, -0.2) is 8.42 Å². The van der Waals surface area contributed by atoms with E-state index in [9.17, 15) is 13.2 Å². The fourth-order valence-corrected chi connectivity index (χ4v) is 5.75. The molecule has 0 spiro atoms. The summed E-state index contributed by atoms with van der Waals surface area (Å²) < 4.78 is 40.8. The number of anilines is 1. The van der Waals surface area contributed by atoms with Gasteiger partial charge >= 0.3 is 0 Å². The number of sulfonamides is 1. The summed E-state index contributed by atoms with van der Waals surface area (Å²) in [7, 11) is -4.35. The third kappa shape index (κ3) is 7.99. The molecule has 0 saturated heterocycles. The highest BCUT2D eigenvalue weighted by Gasteiger charge is 2.37. The molecule has 0 aromatic heterocycles. The highest BCUT2D eigenvalue weighted by molar-refractivity contribution is 7.92. The standard InChI is InChI=1S/C28H34Cl2N2O5SSi/c1-28(2,3)39(5,6)36-18-17-32(4)27(33)23-19-20(29)11-16-25(23)31-38(34,35)22-14-12-21(13-15-22)37-26-10-8-7-9-24(26)30/h7-16,19,31H,17-18H2,1-6H3. The van der Waals surface area contributed by atoms with Crippen LogP contribution in [0.2, 0.25) is 28.2 Å². The highest BCUT2D eigenvalue weighted by Crippen LogP contribution is 2.36. The molecule has 210 valence electrons. The zero-order chi connectivity index (χ0) is 29.0. The number of amides is 1. The van der Waals surface area contributed by atoms with Crippen LogP contribution < -0.4 is 9.46 Å². The average molecular weight is 610 g/mol. The van der Waals surface area contributed by atoms with Crippen molar-refractivity contribution in [2.45, 2.75) is 43.8 Å². The van der Waals surface area contributed by atoms with Crippen molar-refractivity contribution in [2.75, 3.05) is 24.9 Å². The molecule has 0 atom stereocenters. The molecule has 7 nitrogen and oxygen atoms in total. The molecule has 1 amide bonds. The Hall–Kier alpha value is -2.56. The number of benzene rings is 3. The quantitative estimate of drug-likeness (QED) is 0.238. The van der Waals surface area contributed by atoms with Crippen LogP contribution in [0, 0.1) is 0 Å². The molecule has 0 aliphatic carbocycles. The van der Waals surface area contributed by atoms with E-state index in [1.165, 1.54) is 47.4 Å². The SMILES string of the molecule is CN(CCO[Si](C)(C)C(C)(C)C)C(=O)c1cc(Cl)ccc1NS(=O)(=O)c1ccc(Oc2ccccc2Cl)cc1. The summed E-state index contributed by atoms with van der Waals surface area (Å²) in [5, 5.41) is 0.799. The van der Waals surface area contributed by atoms with E-state index in [0.717, 1.165) is 0 Å². The zero-order valence-electron chi connectivity index (χ0n) is 22.9. The van der Waals surface area contributed by atoms with Gasteiger partial charge in [0.15, 0.2) is 8.32 Å². The van der Waals surface area contributed by atoms with Gasteiger partial charge in [0.05, 0.1) is 27.8 Å². The first kappa shape index (κ1) is 31.0. The second kappa shape index (κ2) is 12.3. The molecule has 0 fully saturated rings. The molecule has 3 aromatic carbocycles. The van der Waals surface area contributed by atoms with Crippen molar-refractivity contribution >= 4 is 53.1 Å². The number of hydrogen-bond acceptors (Lipinski definition) is 5. The molecule has 0 aliphatic heterocycles. The fourth-order valence-electron chi connectivity index (χ4n) is 3.29. The Kier molecular flexibility index (Phi) is 9.77. The van der Waals surface area contributed by atoms with Gasteiger partial charge in [0, 0.05) is 18.6 Å². The molecule has 0 saturated carbocycles. The van der Waals surface area contributed by atoms with Crippen LogP contribution in [0.5, 0.6) is 11.5 Å². The van der Waals surface area contributed by atoms with Crippen molar-refractivity contribution in [1.82, 2.24) is 4.90 Å². The smallest absolute Gasteiger partial charge is 0.261 e. The molecule has 11 heteroatoms. The first-order chi connectivity index (χ1) is 18.1. The lowest BCUT2D eigenvalue weighted by molar-refractivity contribution is 0.0771. The van der Waals surface area contributed by atoms with Gasteiger partial charge in [0.1, 0.15) is 11.5 Å². The summed E-state index contributed by atoms with van der Waals surface area (Å²) in [5.74, 6) is 0.500. The highest BCUT2D eigenvalue weighted by atomic mass is 35.5. The van der Waals surface area contributed by atoms with Crippen LogP contribution in [0.4, 0.5) is 5.69 Å². The molecule has 3 rings (SSSR count). The van der Waals surface area contributed by atoms with Crippen molar-refractivity contribution in [3.8, 4) is 11.5 Å². The van der Waals surface area contributed by atoms with Gasteiger partial charge in [-0.2, -0.15) is 0 Å². The van der Waals surface area contributed by atoms with E-state index in [2.05, 4.69) is 38.6 Å². The molecule has 39 heavy (non-hydrogen) atoms. The average Bonchev–Trinajstić information content (AvgIpc) is 2.85. The van der Waals surface area contributed by atoms with Crippen LogP contribution >= 0.6 is 23.2 Å². The van der Waals surface area contributed by atoms with E-state index in [1.807, 2.05) is 0 Å². The monoisotopic (exact) mass is 608 g/mol. The summed E-state index contributed by atoms with van der Waals surface area (Å²) in [6.07, 6.45) is 0. The second-order valence-electron chi connectivity index (χ2n) is 10.6. The number of carbonyl (C=O) groups excluding carboxylic acids is 1. The predicted molar refractivity (Wildman–Crippen MR) is 160 cm³/mol. The molecule has 0 radical (unpaired) electrons. The Morgan fingerprint density at radius 1 is 1.00 bits per heavy atom. The normalized spacial score (nSPS) is 12.2. The Morgan fingerprint density at radius 2 is 1.64 bits per heavy atom. The van der Waals surface area contributed by atoms with Gasteiger partial charge in [-0.1, -0.05) is 56.1 Å². The summed E-state index contributed by atoms with van der Waals surface area (Å²) in [4.78, 5) is 14.8. The lowest BCUT2D eigenvalue weighted by Gasteiger charge is -2.36. The van der Waals surface area contributed by atoms with E-state index < -0.39 is 18.3 Å². The van der Waals surface area contributed by atoms with Gasteiger partial charge in [-0.15, -0.1) is 0 Å². The van der Waals surface area contributed by atoms with Crippen LogP contribution in [-0.4, -0.2) is 47.7 Å². The van der Waals surface area contributed by atoms with Crippen LogP contribution in [-0.2, 0) is 14.4 Å². The number of ether oxygens (including phenoxy) is 1. The summed E-state index contributed by atoms with van der Waals surface area (Å²) in [5.41, 5.74) is 0.262. The number of rotatable bonds is 10. The van der Waals surface area contributed by atoms with Crippen LogP contribution in [0.15, 0.2) is 71.6 Å². The minimum Gasteiger partial charge on any atom is -0.456 e. The lowest BCUT2D eigenvalue weighted by atomic mass is 10.1. The topological polar surface area (TPSA) is 84.9 Å². The van der Waals surface area contributed by atoms with Crippen LogP contribution in [0.25, 0.3) is 0 Å². The third-order valence-corrected chi connectivity index (χ3v) is 13.2. The first-order valence-corrected chi connectivity index (χ1v) is 17.5. The van der Waals surface area contributed by atoms with Crippen molar-refractivity contribution in [1.29, 1.82) is 0 Å². The predicted octanol–water partition coefficient (Wildman–Crippen LogP) is 7.68. The van der Waals surface area contributed by atoms with Crippen LogP contribution in [0.3, 0.4) is 0 Å². The number of para-hydroxylation sites is 1. The van der Waals surface area contributed by atoms with E-state index >= 15 is 0 Å². The number of halogens is 2. The molecule has 0 aliphatic rings.